The molecular weight excluding hydrogens is 404 g/mol. The summed E-state index contributed by atoms with van der Waals surface area (Å²) in [5.74, 6) is -1.31. The summed E-state index contributed by atoms with van der Waals surface area (Å²) in [5, 5.41) is 16.8. The third-order valence-corrected chi connectivity index (χ3v) is 5.80. The van der Waals surface area contributed by atoms with Gasteiger partial charge in [-0.05, 0) is 69.5 Å². The Morgan fingerprint density at radius 1 is 1.06 bits per heavy atom. The first-order valence-corrected chi connectivity index (χ1v) is 10.6. The van der Waals surface area contributed by atoms with E-state index in [0.717, 1.165) is 36.3 Å². The average Bonchev–Trinajstić information content (AvgIpc) is 2.99. The number of nitrogens with zero attached hydrogens (tertiary/aromatic N) is 3. The number of rotatable bonds is 8. The number of anilines is 2. The first-order valence-electron chi connectivity index (χ1n) is 10.6. The van der Waals surface area contributed by atoms with Crippen molar-refractivity contribution in [3.63, 3.8) is 0 Å². The molecule has 2 N–H and O–H groups in total. The minimum Gasteiger partial charge on any atom is -0.478 e. The van der Waals surface area contributed by atoms with Gasteiger partial charge in [-0.3, -0.25) is 9.48 Å². The summed E-state index contributed by atoms with van der Waals surface area (Å²) in [4.78, 5) is 26.3. The maximum atomic E-state index is 12.8. The summed E-state index contributed by atoms with van der Waals surface area (Å²) >= 11 is 0. The smallest absolute Gasteiger partial charge is 0.335 e. The van der Waals surface area contributed by atoms with Crippen LogP contribution in [0.25, 0.3) is 0 Å². The number of hydrogen-bond donors (Lipinski definition) is 2. The van der Waals surface area contributed by atoms with Crippen LogP contribution in [0.5, 0.6) is 0 Å². The molecule has 0 aliphatic heterocycles. The summed E-state index contributed by atoms with van der Waals surface area (Å²) in [6.45, 7) is 6.80. The Morgan fingerprint density at radius 3 is 2.31 bits per heavy atom. The topological polar surface area (TPSA) is 87.5 Å². The van der Waals surface area contributed by atoms with Crippen LogP contribution < -0.4 is 10.2 Å². The molecular formula is C25H30N4O3. The average molecular weight is 435 g/mol. The van der Waals surface area contributed by atoms with Crippen LogP contribution >= 0.6 is 0 Å². The van der Waals surface area contributed by atoms with Crippen LogP contribution in [0.2, 0.25) is 0 Å². The van der Waals surface area contributed by atoms with Gasteiger partial charge in [0.05, 0.1) is 22.6 Å². The van der Waals surface area contributed by atoms with E-state index >= 15 is 0 Å². The second-order valence-electron chi connectivity index (χ2n) is 8.16. The van der Waals surface area contributed by atoms with Crippen molar-refractivity contribution in [1.82, 2.24) is 9.78 Å². The lowest BCUT2D eigenvalue weighted by Gasteiger charge is -2.23. The van der Waals surface area contributed by atoms with Crippen molar-refractivity contribution in [2.24, 2.45) is 7.05 Å². The zero-order chi connectivity index (χ0) is 23.4. The fraction of sp³-hybridized carbons (Fsp3) is 0.320. The zero-order valence-electron chi connectivity index (χ0n) is 19.3. The molecule has 0 saturated heterocycles. The Morgan fingerprint density at radius 2 is 1.72 bits per heavy atom. The number of carbonyl (C=O) groups excluding carboxylic acids is 1. The molecule has 0 radical (unpaired) electrons. The summed E-state index contributed by atoms with van der Waals surface area (Å²) in [7, 11) is 3.89. The van der Waals surface area contributed by atoms with E-state index in [9.17, 15) is 14.7 Å². The number of carbonyl (C=O) groups is 2. The molecule has 1 heterocycles. The van der Waals surface area contributed by atoms with Crippen LogP contribution in [0.3, 0.4) is 0 Å². The van der Waals surface area contributed by atoms with E-state index in [0.29, 0.717) is 11.3 Å². The number of carboxylic acids is 1. The number of benzene rings is 2. The molecule has 3 rings (SSSR count). The fourth-order valence-electron chi connectivity index (χ4n) is 3.79. The Labute approximate surface area is 188 Å². The summed E-state index contributed by atoms with van der Waals surface area (Å²) in [6.07, 6.45) is 1.80. The van der Waals surface area contributed by atoms with E-state index < -0.39 is 5.97 Å². The van der Waals surface area contributed by atoms with E-state index in [1.54, 1.807) is 24.3 Å². The van der Waals surface area contributed by atoms with Gasteiger partial charge in [0.15, 0.2) is 0 Å². The quantitative estimate of drug-likeness (QED) is 0.550. The molecule has 0 saturated carbocycles. The third-order valence-electron chi connectivity index (χ3n) is 5.80. The predicted octanol–water partition coefficient (Wildman–Crippen LogP) is 4.36. The molecule has 3 aromatic rings. The first kappa shape index (κ1) is 23.1. The van der Waals surface area contributed by atoms with Crippen LogP contribution in [0.15, 0.2) is 42.5 Å². The van der Waals surface area contributed by atoms with Gasteiger partial charge in [0.2, 0.25) is 0 Å². The molecule has 0 unspecified atom stereocenters. The normalized spacial score (nSPS) is 10.8. The highest BCUT2D eigenvalue weighted by atomic mass is 16.4. The van der Waals surface area contributed by atoms with Crippen LogP contribution in [0.4, 0.5) is 11.4 Å². The molecule has 0 aliphatic rings. The van der Waals surface area contributed by atoms with Gasteiger partial charge in [-0.25, -0.2) is 4.79 Å². The van der Waals surface area contributed by atoms with Crippen molar-refractivity contribution in [3.8, 4) is 0 Å². The van der Waals surface area contributed by atoms with Crippen molar-refractivity contribution in [2.45, 2.75) is 33.6 Å². The lowest BCUT2D eigenvalue weighted by molar-refractivity contribution is 0.0696. The maximum absolute atomic E-state index is 12.8. The molecule has 7 nitrogen and oxygen atoms in total. The van der Waals surface area contributed by atoms with Gasteiger partial charge in [0, 0.05) is 31.9 Å². The Hall–Kier alpha value is -3.61. The van der Waals surface area contributed by atoms with Gasteiger partial charge < -0.3 is 15.3 Å². The Balaban J connectivity index is 1.77. The molecule has 0 fully saturated rings. The monoisotopic (exact) mass is 434 g/mol. The molecule has 0 aliphatic carbocycles. The second kappa shape index (κ2) is 9.68. The van der Waals surface area contributed by atoms with E-state index in [2.05, 4.69) is 17.3 Å². The minimum atomic E-state index is -1.03. The third kappa shape index (κ3) is 5.17. The van der Waals surface area contributed by atoms with Crippen LogP contribution in [-0.2, 0) is 13.5 Å². The first-order chi connectivity index (χ1) is 15.2. The Kier molecular flexibility index (Phi) is 6.98. The Bertz CT molecular complexity index is 1130. The molecule has 32 heavy (non-hydrogen) atoms. The number of hydrogen-bond acceptors (Lipinski definition) is 4. The zero-order valence-corrected chi connectivity index (χ0v) is 19.3. The van der Waals surface area contributed by atoms with Gasteiger partial charge in [-0.15, -0.1) is 0 Å². The highest BCUT2D eigenvalue weighted by Crippen LogP contribution is 2.28. The van der Waals surface area contributed by atoms with E-state index in [4.69, 9.17) is 0 Å². The van der Waals surface area contributed by atoms with Crippen molar-refractivity contribution in [2.75, 3.05) is 23.8 Å². The summed E-state index contributed by atoms with van der Waals surface area (Å²) < 4.78 is 1.90. The largest absolute Gasteiger partial charge is 0.478 e. The van der Waals surface area contributed by atoms with Crippen LogP contribution in [-0.4, -0.2) is 40.4 Å². The second-order valence-corrected chi connectivity index (χ2v) is 8.16. The van der Waals surface area contributed by atoms with Crippen LogP contribution in [0, 0.1) is 20.8 Å². The van der Waals surface area contributed by atoms with Crippen molar-refractivity contribution < 1.29 is 14.7 Å². The van der Waals surface area contributed by atoms with Gasteiger partial charge >= 0.3 is 5.97 Å². The van der Waals surface area contributed by atoms with Crippen molar-refractivity contribution in [3.05, 3.63) is 76.1 Å². The van der Waals surface area contributed by atoms with Crippen molar-refractivity contribution in [1.29, 1.82) is 0 Å². The summed E-state index contributed by atoms with van der Waals surface area (Å²) in [6, 6.07) is 12.1. The molecule has 2 aromatic carbocycles. The molecule has 1 amide bonds. The maximum Gasteiger partial charge on any atom is 0.335 e. The summed E-state index contributed by atoms with van der Waals surface area (Å²) in [5.41, 5.74) is 6.44. The highest BCUT2D eigenvalue weighted by molar-refractivity contribution is 6.06. The van der Waals surface area contributed by atoms with E-state index in [1.807, 2.05) is 49.7 Å². The molecule has 0 atom stereocenters. The molecule has 0 spiro atoms. The molecule has 1 aromatic heterocycles. The van der Waals surface area contributed by atoms with Crippen molar-refractivity contribution >= 4 is 23.3 Å². The standard InChI is InChI=1S/C25H30N4O3/c1-16-8-10-19(11-9-16)24(30)26-22-15-20(25(31)32)12-13-23(22)28(4)14-6-7-21-17(2)27-29(5)18(21)3/h8-13,15H,6-7,14H2,1-5H3,(H,26,30)(H,31,32). The highest BCUT2D eigenvalue weighted by Gasteiger charge is 2.16. The number of aromatic carboxylic acids is 1. The fourth-order valence-corrected chi connectivity index (χ4v) is 3.79. The number of amides is 1. The number of aromatic nitrogens is 2. The van der Waals surface area contributed by atoms with Crippen LogP contribution in [0.1, 0.15) is 49.7 Å². The van der Waals surface area contributed by atoms with E-state index in [-0.39, 0.29) is 11.5 Å². The predicted molar refractivity (Wildman–Crippen MR) is 127 cm³/mol. The lowest BCUT2D eigenvalue weighted by atomic mass is 10.1. The van der Waals surface area contributed by atoms with Gasteiger partial charge in [0.25, 0.3) is 5.91 Å². The van der Waals surface area contributed by atoms with E-state index in [1.165, 1.54) is 17.3 Å². The number of nitrogens with one attached hydrogen (secondary N) is 1. The SMILES string of the molecule is Cc1ccc(C(=O)Nc2cc(C(=O)O)ccc2N(C)CCCc2c(C)nn(C)c2C)cc1. The molecule has 7 heteroatoms. The van der Waals surface area contributed by atoms with Gasteiger partial charge in [-0.2, -0.15) is 5.10 Å². The minimum absolute atomic E-state index is 0.128. The van der Waals surface area contributed by atoms with Gasteiger partial charge in [0.1, 0.15) is 0 Å². The lowest BCUT2D eigenvalue weighted by Crippen LogP contribution is -2.22. The van der Waals surface area contributed by atoms with Gasteiger partial charge in [-0.1, -0.05) is 17.7 Å². The number of carboxylic acid groups (broad SMARTS) is 1. The number of aryl methyl sites for hydroxylation is 3. The molecule has 168 valence electrons. The molecule has 0 bridgehead atoms.